The normalized spacial score (nSPS) is 34.0. The van der Waals surface area contributed by atoms with Crippen LogP contribution in [-0.4, -0.2) is 87.8 Å². The quantitative estimate of drug-likeness (QED) is 0.327. The minimum atomic E-state index is -2.06. The van der Waals surface area contributed by atoms with Gasteiger partial charge in [0.15, 0.2) is 11.7 Å². The van der Waals surface area contributed by atoms with E-state index in [4.69, 9.17) is 32.8 Å². The predicted octanol–water partition coefficient (Wildman–Crippen LogP) is 2.56. The molecule has 0 radical (unpaired) electrons. The molecule has 0 amide bonds. The van der Waals surface area contributed by atoms with Crippen LogP contribution in [0.25, 0.3) is 0 Å². The average Bonchev–Trinajstić information content (AvgIpc) is 3.56. The Kier molecular flexibility index (Phi) is 8.49. The van der Waals surface area contributed by atoms with Gasteiger partial charge in [0.05, 0.1) is 28.6 Å². The second-order valence-corrected chi connectivity index (χ2v) is 12.7. The number of aliphatic hydroxyl groups is 1. The van der Waals surface area contributed by atoms with E-state index in [0.29, 0.717) is 0 Å². The van der Waals surface area contributed by atoms with Crippen molar-refractivity contribution in [3.05, 3.63) is 54.2 Å². The van der Waals surface area contributed by atoms with E-state index in [9.17, 15) is 29.1 Å². The highest BCUT2D eigenvalue weighted by Crippen LogP contribution is 2.69. The zero-order chi connectivity index (χ0) is 33.7. The van der Waals surface area contributed by atoms with Crippen molar-refractivity contribution in [1.82, 2.24) is 4.98 Å². The number of rotatable bonds is 8. The summed E-state index contributed by atoms with van der Waals surface area (Å²) in [5.74, 6) is -4.67. The van der Waals surface area contributed by atoms with E-state index in [-0.39, 0.29) is 24.0 Å². The van der Waals surface area contributed by atoms with Gasteiger partial charge in [-0.2, -0.15) is 0 Å². The maximum absolute atomic E-state index is 13.7. The lowest BCUT2D eigenvalue weighted by molar-refractivity contribution is -0.354. The Balaban J connectivity index is 1.81. The Hall–Kier alpha value is -4.30. The third-order valence-corrected chi connectivity index (χ3v) is 9.32. The molecular formula is C32H37NO13. The van der Waals surface area contributed by atoms with Crippen LogP contribution >= 0.6 is 0 Å². The predicted molar refractivity (Wildman–Crippen MR) is 153 cm³/mol. The summed E-state index contributed by atoms with van der Waals surface area (Å²) in [6.45, 7) is 7.66. The smallest absolute Gasteiger partial charge is 0.341 e. The van der Waals surface area contributed by atoms with E-state index in [0.717, 1.165) is 20.1 Å². The number of nitrogens with zero attached hydrogens (tertiary/aromatic N) is 1. The first kappa shape index (κ1) is 33.1. The van der Waals surface area contributed by atoms with Crippen molar-refractivity contribution in [2.45, 2.75) is 95.6 Å². The van der Waals surface area contributed by atoms with Crippen LogP contribution in [0.4, 0.5) is 0 Å². The molecule has 1 saturated heterocycles. The first-order valence-corrected chi connectivity index (χ1v) is 14.8. The molecule has 14 nitrogen and oxygen atoms in total. The minimum absolute atomic E-state index is 0.00242. The molecule has 0 aromatic carbocycles. The Morgan fingerprint density at radius 3 is 2.20 bits per heavy atom. The van der Waals surface area contributed by atoms with Gasteiger partial charge < -0.3 is 37.9 Å². The summed E-state index contributed by atoms with van der Waals surface area (Å²) in [4.78, 5) is 69.0. The van der Waals surface area contributed by atoms with E-state index in [1.165, 1.54) is 50.7 Å². The zero-order valence-corrected chi connectivity index (χ0v) is 26.3. The van der Waals surface area contributed by atoms with Crippen LogP contribution in [0, 0.1) is 11.3 Å². The zero-order valence-electron chi connectivity index (χ0n) is 26.3. The second kappa shape index (κ2) is 11.8. The maximum Gasteiger partial charge on any atom is 0.341 e. The average molecular weight is 644 g/mol. The summed E-state index contributed by atoms with van der Waals surface area (Å²) in [6.07, 6.45) is -0.825. The number of carbonyl (C=O) groups excluding carboxylic acids is 5. The molecule has 3 aliphatic rings. The first-order chi connectivity index (χ1) is 21.6. The maximum atomic E-state index is 13.7. The third-order valence-electron chi connectivity index (χ3n) is 9.32. The molecule has 5 rings (SSSR count). The second-order valence-electron chi connectivity index (χ2n) is 12.7. The molecule has 2 bridgehead atoms. The van der Waals surface area contributed by atoms with Crippen molar-refractivity contribution >= 4 is 29.8 Å². The van der Waals surface area contributed by atoms with Gasteiger partial charge in [-0.15, -0.1) is 0 Å². The van der Waals surface area contributed by atoms with Crippen LogP contribution in [0.15, 0.2) is 47.5 Å². The molecule has 2 saturated carbocycles. The van der Waals surface area contributed by atoms with Gasteiger partial charge in [-0.3, -0.25) is 19.4 Å². The minimum Gasteiger partial charge on any atom is -0.472 e. The SMILES string of the molecule is CC(=O)OC[C@@]12[C@H](OC(=O)c3ccoc3)[C@@H](OC(C)=O)C[C@](C)(O)[C@]13OC(C)(C)[C@@H](C[C@H]2OC(=O)c1cccnc1)[C@H]3OC(C)=O. The van der Waals surface area contributed by atoms with Crippen molar-refractivity contribution in [3.63, 3.8) is 0 Å². The van der Waals surface area contributed by atoms with Crippen molar-refractivity contribution in [1.29, 1.82) is 0 Å². The molecule has 1 spiro atoms. The molecular weight excluding hydrogens is 606 g/mol. The number of hydrogen-bond acceptors (Lipinski definition) is 14. The van der Waals surface area contributed by atoms with Crippen LogP contribution in [0.5, 0.6) is 0 Å². The van der Waals surface area contributed by atoms with Crippen LogP contribution in [-0.2, 0) is 42.8 Å². The van der Waals surface area contributed by atoms with Crippen molar-refractivity contribution in [2.24, 2.45) is 11.3 Å². The van der Waals surface area contributed by atoms with Gasteiger partial charge in [0.1, 0.15) is 36.6 Å². The molecule has 46 heavy (non-hydrogen) atoms. The van der Waals surface area contributed by atoms with Crippen molar-refractivity contribution < 1.29 is 61.9 Å². The number of aromatic nitrogens is 1. The number of pyridine rings is 1. The van der Waals surface area contributed by atoms with E-state index in [2.05, 4.69) is 4.98 Å². The third kappa shape index (κ3) is 5.32. The molecule has 3 heterocycles. The fourth-order valence-electron chi connectivity index (χ4n) is 7.68. The van der Waals surface area contributed by atoms with Crippen molar-refractivity contribution in [2.75, 3.05) is 6.61 Å². The molecule has 248 valence electrons. The molecule has 8 atom stereocenters. The molecule has 2 aromatic rings. The van der Waals surface area contributed by atoms with E-state index < -0.39 is 89.0 Å². The molecule has 14 heteroatoms. The van der Waals surface area contributed by atoms with Gasteiger partial charge in [0, 0.05) is 45.5 Å². The number of hydrogen-bond donors (Lipinski definition) is 1. The van der Waals surface area contributed by atoms with Crippen LogP contribution in [0.2, 0.25) is 0 Å². The number of carbonyl (C=O) groups is 5. The summed E-state index contributed by atoms with van der Waals surface area (Å²) < 4.78 is 41.5. The summed E-state index contributed by atoms with van der Waals surface area (Å²) in [5, 5.41) is 12.5. The van der Waals surface area contributed by atoms with Crippen LogP contribution in [0.1, 0.15) is 75.1 Å². The molecule has 0 unspecified atom stereocenters. The number of furan rings is 1. The van der Waals surface area contributed by atoms with E-state index in [1.807, 2.05) is 0 Å². The highest BCUT2D eigenvalue weighted by Gasteiger charge is 2.86. The summed E-state index contributed by atoms with van der Waals surface area (Å²) in [7, 11) is 0. The standard InChI is InChI=1S/C32H37NO13/c1-17(34)41-16-31-24(44-27(37)20-8-7-10-33-14-20)12-22-25(43-19(3)36)32(31,46-29(22,4)5)30(6,39)13-23(42-18(2)35)26(31)45-28(38)21-9-11-40-15-21/h7-11,14-15,22-26,39H,12-13,16H2,1-6H3/t22-,23-,24+,25+,26+,30-,31+,32-/m0/s1. The Labute approximate surface area is 264 Å². The van der Waals surface area contributed by atoms with Crippen LogP contribution in [0.3, 0.4) is 0 Å². The first-order valence-electron chi connectivity index (χ1n) is 14.8. The number of esters is 5. The molecule has 1 aliphatic heterocycles. The van der Waals surface area contributed by atoms with E-state index in [1.54, 1.807) is 13.8 Å². The Bertz CT molecular complexity index is 1500. The molecule has 3 fully saturated rings. The highest BCUT2D eigenvalue weighted by atomic mass is 16.6. The number of ether oxygens (including phenoxy) is 6. The van der Waals surface area contributed by atoms with Gasteiger partial charge in [0.2, 0.25) is 0 Å². The summed E-state index contributed by atoms with van der Waals surface area (Å²) >= 11 is 0. The van der Waals surface area contributed by atoms with Gasteiger partial charge in [-0.05, 0) is 45.4 Å². The molecule has 2 aliphatic carbocycles. The number of fused-ring (bicyclic) bond motifs is 1. The largest absolute Gasteiger partial charge is 0.472 e. The monoisotopic (exact) mass is 643 g/mol. The highest BCUT2D eigenvalue weighted by molar-refractivity contribution is 5.90. The fraction of sp³-hybridized carbons (Fsp3) is 0.562. The fourth-order valence-corrected chi connectivity index (χ4v) is 7.68. The Morgan fingerprint density at radius 1 is 0.913 bits per heavy atom. The molecule has 2 aromatic heterocycles. The Morgan fingerprint density at radius 2 is 1.61 bits per heavy atom. The van der Waals surface area contributed by atoms with Crippen LogP contribution < -0.4 is 0 Å². The van der Waals surface area contributed by atoms with E-state index >= 15 is 0 Å². The lowest BCUT2D eigenvalue weighted by Crippen LogP contribution is -2.83. The van der Waals surface area contributed by atoms with Gasteiger partial charge >= 0.3 is 29.8 Å². The van der Waals surface area contributed by atoms with Gasteiger partial charge in [-0.1, -0.05) is 0 Å². The summed E-state index contributed by atoms with van der Waals surface area (Å²) in [6, 6.07) is 4.38. The van der Waals surface area contributed by atoms with Gasteiger partial charge in [-0.25, -0.2) is 9.59 Å². The summed E-state index contributed by atoms with van der Waals surface area (Å²) in [5.41, 5.74) is -7.21. The molecule has 1 N–H and O–H groups in total. The lowest BCUT2D eigenvalue weighted by atomic mass is 9.46. The van der Waals surface area contributed by atoms with Gasteiger partial charge in [0.25, 0.3) is 0 Å². The lowest BCUT2D eigenvalue weighted by Gasteiger charge is -2.65. The van der Waals surface area contributed by atoms with Crippen molar-refractivity contribution in [3.8, 4) is 0 Å². The topological polar surface area (TPSA) is 187 Å².